The molecular formula is C20H26IN5O. The third-order valence-corrected chi connectivity index (χ3v) is 4.50. The quantitative estimate of drug-likeness (QED) is 0.324. The molecule has 0 radical (unpaired) electrons. The lowest BCUT2D eigenvalue weighted by atomic mass is 9.96. The summed E-state index contributed by atoms with van der Waals surface area (Å²) in [5.41, 5.74) is 2.22. The first-order chi connectivity index (χ1) is 12.7. The van der Waals surface area contributed by atoms with E-state index in [1.807, 2.05) is 13.0 Å². The number of pyridine rings is 1. The van der Waals surface area contributed by atoms with Crippen LogP contribution in [0.2, 0.25) is 0 Å². The summed E-state index contributed by atoms with van der Waals surface area (Å²) in [6.45, 7) is 3.63. The van der Waals surface area contributed by atoms with Crippen LogP contribution in [-0.2, 0) is 10.2 Å². The minimum Gasteiger partial charge on any atom is -0.357 e. The average Bonchev–Trinajstić information content (AvgIpc) is 3.47. The second kappa shape index (κ2) is 10.2. The fourth-order valence-corrected chi connectivity index (χ4v) is 2.89. The largest absolute Gasteiger partial charge is 0.357 e. The molecule has 1 aliphatic carbocycles. The van der Waals surface area contributed by atoms with Gasteiger partial charge < -0.3 is 16.0 Å². The highest BCUT2D eigenvalue weighted by molar-refractivity contribution is 14.0. The third-order valence-electron chi connectivity index (χ3n) is 4.50. The van der Waals surface area contributed by atoms with Crippen LogP contribution >= 0.6 is 24.0 Å². The van der Waals surface area contributed by atoms with Crippen LogP contribution in [0.5, 0.6) is 0 Å². The van der Waals surface area contributed by atoms with Crippen LogP contribution in [0.15, 0.2) is 59.9 Å². The number of hydrogen-bond donors (Lipinski definition) is 3. The number of aromatic nitrogens is 1. The highest BCUT2D eigenvalue weighted by Gasteiger charge is 2.43. The predicted octanol–water partition coefficient (Wildman–Crippen LogP) is 2.93. The van der Waals surface area contributed by atoms with Crippen molar-refractivity contribution in [1.29, 1.82) is 0 Å². The van der Waals surface area contributed by atoms with Gasteiger partial charge in [0.2, 0.25) is 5.91 Å². The van der Waals surface area contributed by atoms with Crippen LogP contribution in [0.1, 0.15) is 25.3 Å². The maximum absolute atomic E-state index is 12.1. The van der Waals surface area contributed by atoms with Gasteiger partial charge in [0.05, 0.1) is 11.9 Å². The Bertz CT molecular complexity index is 747. The number of benzene rings is 1. The summed E-state index contributed by atoms with van der Waals surface area (Å²) < 4.78 is 0. The predicted molar refractivity (Wildman–Crippen MR) is 120 cm³/mol. The molecule has 0 aliphatic heterocycles. The van der Waals surface area contributed by atoms with Gasteiger partial charge in [0.25, 0.3) is 0 Å². The van der Waals surface area contributed by atoms with Crippen LogP contribution in [0.25, 0.3) is 0 Å². The number of anilines is 1. The van der Waals surface area contributed by atoms with E-state index in [1.165, 1.54) is 18.4 Å². The molecule has 2 aromatic rings. The monoisotopic (exact) mass is 479 g/mol. The molecule has 3 rings (SSSR count). The van der Waals surface area contributed by atoms with E-state index < -0.39 is 0 Å². The SMILES string of the molecule is CCNC(=NCC(=O)Nc1cccnc1)NCC1(c2ccccc2)CC1.I. The van der Waals surface area contributed by atoms with Crippen molar-refractivity contribution in [1.82, 2.24) is 15.6 Å². The van der Waals surface area contributed by atoms with Crippen molar-refractivity contribution in [2.75, 3.05) is 25.0 Å². The highest BCUT2D eigenvalue weighted by Crippen LogP contribution is 2.47. The molecule has 3 N–H and O–H groups in total. The first-order valence-electron chi connectivity index (χ1n) is 8.99. The zero-order chi connectivity index (χ0) is 18.2. The molecule has 1 aromatic carbocycles. The Morgan fingerprint density at radius 3 is 2.56 bits per heavy atom. The fraction of sp³-hybridized carbons (Fsp3) is 0.350. The Labute approximate surface area is 177 Å². The molecule has 1 fully saturated rings. The van der Waals surface area contributed by atoms with E-state index in [4.69, 9.17) is 0 Å². The number of hydrogen-bond acceptors (Lipinski definition) is 3. The van der Waals surface area contributed by atoms with Gasteiger partial charge in [-0.2, -0.15) is 0 Å². The van der Waals surface area contributed by atoms with E-state index in [9.17, 15) is 4.79 Å². The van der Waals surface area contributed by atoms with E-state index in [-0.39, 0.29) is 41.8 Å². The number of carbonyl (C=O) groups is 1. The van der Waals surface area contributed by atoms with Crippen molar-refractivity contribution in [3.05, 3.63) is 60.4 Å². The van der Waals surface area contributed by atoms with Gasteiger partial charge in [0.1, 0.15) is 6.54 Å². The molecule has 1 amide bonds. The summed E-state index contributed by atoms with van der Waals surface area (Å²) in [6.07, 6.45) is 5.62. The molecule has 0 atom stereocenters. The second-order valence-corrected chi connectivity index (χ2v) is 6.48. The second-order valence-electron chi connectivity index (χ2n) is 6.48. The topological polar surface area (TPSA) is 78.4 Å². The summed E-state index contributed by atoms with van der Waals surface area (Å²) >= 11 is 0. The Morgan fingerprint density at radius 1 is 1.15 bits per heavy atom. The lowest BCUT2D eigenvalue weighted by molar-refractivity contribution is -0.114. The van der Waals surface area contributed by atoms with Crippen molar-refractivity contribution in [2.45, 2.75) is 25.2 Å². The highest BCUT2D eigenvalue weighted by atomic mass is 127. The zero-order valence-corrected chi connectivity index (χ0v) is 17.8. The molecule has 144 valence electrons. The maximum Gasteiger partial charge on any atom is 0.246 e. The zero-order valence-electron chi connectivity index (χ0n) is 15.4. The molecule has 27 heavy (non-hydrogen) atoms. The maximum atomic E-state index is 12.1. The Balaban J connectivity index is 0.00000261. The molecule has 7 heteroatoms. The van der Waals surface area contributed by atoms with Gasteiger partial charge in [-0.05, 0) is 37.5 Å². The van der Waals surface area contributed by atoms with Gasteiger partial charge in [0, 0.05) is 24.7 Å². The van der Waals surface area contributed by atoms with E-state index in [0.29, 0.717) is 11.6 Å². The molecule has 1 aromatic heterocycles. The van der Waals surface area contributed by atoms with Crippen LogP contribution in [0.4, 0.5) is 5.69 Å². The Morgan fingerprint density at radius 2 is 1.93 bits per heavy atom. The molecule has 0 unspecified atom stereocenters. The van der Waals surface area contributed by atoms with E-state index in [2.05, 4.69) is 50.2 Å². The molecule has 0 spiro atoms. The summed E-state index contributed by atoms with van der Waals surface area (Å²) in [5, 5.41) is 9.37. The summed E-state index contributed by atoms with van der Waals surface area (Å²) in [6, 6.07) is 14.1. The summed E-state index contributed by atoms with van der Waals surface area (Å²) in [5.74, 6) is 0.496. The van der Waals surface area contributed by atoms with Gasteiger partial charge in [-0.25, -0.2) is 4.99 Å². The number of amides is 1. The van der Waals surface area contributed by atoms with Crippen molar-refractivity contribution in [3.8, 4) is 0 Å². The van der Waals surface area contributed by atoms with Gasteiger partial charge in [-0.15, -0.1) is 24.0 Å². The number of rotatable bonds is 7. The minimum absolute atomic E-state index is 0. The minimum atomic E-state index is -0.167. The van der Waals surface area contributed by atoms with Gasteiger partial charge >= 0.3 is 0 Å². The molecule has 1 heterocycles. The Kier molecular flexibility index (Phi) is 8.02. The lowest BCUT2D eigenvalue weighted by Crippen LogP contribution is -2.41. The number of guanidine groups is 1. The van der Waals surface area contributed by atoms with E-state index >= 15 is 0 Å². The van der Waals surface area contributed by atoms with Crippen LogP contribution in [0.3, 0.4) is 0 Å². The standard InChI is InChI=1S/C20H25N5O.HI/c1-2-22-19(23-14-18(26)25-17-9-6-12-21-13-17)24-15-20(10-11-20)16-7-4-3-5-8-16;/h3-9,12-13H,2,10-11,14-15H2,1H3,(H,25,26)(H2,22,23,24);1H. The van der Waals surface area contributed by atoms with Crippen molar-refractivity contribution >= 4 is 41.5 Å². The van der Waals surface area contributed by atoms with Gasteiger partial charge in [0.15, 0.2) is 5.96 Å². The third kappa shape index (κ3) is 6.20. The van der Waals surface area contributed by atoms with Gasteiger partial charge in [-0.1, -0.05) is 30.3 Å². The fourth-order valence-electron chi connectivity index (χ4n) is 2.89. The number of carbonyl (C=O) groups excluding carboxylic acids is 1. The Hall–Kier alpha value is -2.16. The average molecular weight is 479 g/mol. The smallest absolute Gasteiger partial charge is 0.246 e. The molecule has 1 saturated carbocycles. The molecule has 6 nitrogen and oxygen atoms in total. The van der Waals surface area contributed by atoms with Crippen molar-refractivity contribution in [2.24, 2.45) is 4.99 Å². The van der Waals surface area contributed by atoms with E-state index in [0.717, 1.165) is 13.1 Å². The normalized spacial score (nSPS) is 14.6. The number of nitrogens with zero attached hydrogens (tertiary/aromatic N) is 2. The first-order valence-corrected chi connectivity index (χ1v) is 8.99. The number of halogens is 1. The first kappa shape index (κ1) is 21.1. The van der Waals surface area contributed by atoms with Crippen LogP contribution < -0.4 is 16.0 Å². The van der Waals surface area contributed by atoms with Gasteiger partial charge in [-0.3, -0.25) is 9.78 Å². The van der Waals surface area contributed by atoms with E-state index in [1.54, 1.807) is 24.5 Å². The number of nitrogens with one attached hydrogen (secondary N) is 3. The summed E-state index contributed by atoms with van der Waals surface area (Å²) in [7, 11) is 0. The molecule has 0 saturated heterocycles. The molecule has 0 bridgehead atoms. The molecule has 1 aliphatic rings. The molecular weight excluding hydrogens is 453 g/mol. The lowest BCUT2D eigenvalue weighted by Gasteiger charge is -2.19. The number of aliphatic imine (C=N–C) groups is 1. The van der Waals surface area contributed by atoms with Crippen LogP contribution in [0, 0.1) is 0 Å². The van der Waals surface area contributed by atoms with Crippen LogP contribution in [-0.4, -0.2) is 36.5 Å². The van der Waals surface area contributed by atoms with Crippen molar-refractivity contribution < 1.29 is 4.79 Å². The van der Waals surface area contributed by atoms with Crippen molar-refractivity contribution in [3.63, 3.8) is 0 Å². The summed E-state index contributed by atoms with van der Waals surface area (Å²) in [4.78, 5) is 20.4.